The number of nitrogens with two attached hydrogens (primary N) is 2. The minimum Gasteiger partial charge on any atom is -0.368 e. The third-order valence-corrected chi connectivity index (χ3v) is 5.44. The lowest BCUT2D eigenvalue weighted by Crippen LogP contribution is -2.53. The Morgan fingerprint density at radius 3 is 2.58 bits per heavy atom. The molecule has 110 valence electrons. The van der Waals surface area contributed by atoms with Crippen LogP contribution < -0.4 is 11.5 Å². The summed E-state index contributed by atoms with van der Waals surface area (Å²) in [7, 11) is 2.15. The van der Waals surface area contributed by atoms with Crippen molar-refractivity contribution in [3.8, 4) is 0 Å². The SMILES string of the molecule is CC(CC(C)(N)C(N)=O)N(C)CC1CC2CCC1C2. The zero-order valence-corrected chi connectivity index (χ0v) is 12.6. The van der Waals surface area contributed by atoms with E-state index in [2.05, 4.69) is 18.9 Å². The van der Waals surface area contributed by atoms with Crippen molar-refractivity contribution in [2.45, 2.75) is 57.5 Å². The topological polar surface area (TPSA) is 72.3 Å². The molecule has 4 N–H and O–H groups in total. The van der Waals surface area contributed by atoms with Crippen LogP contribution in [0, 0.1) is 17.8 Å². The first-order valence-corrected chi connectivity index (χ1v) is 7.58. The first kappa shape index (κ1) is 14.8. The van der Waals surface area contributed by atoms with Gasteiger partial charge < -0.3 is 16.4 Å². The van der Waals surface area contributed by atoms with Gasteiger partial charge in [0.15, 0.2) is 0 Å². The van der Waals surface area contributed by atoms with Crippen molar-refractivity contribution in [1.82, 2.24) is 4.90 Å². The number of rotatable bonds is 6. The van der Waals surface area contributed by atoms with Crippen molar-refractivity contribution in [1.29, 1.82) is 0 Å². The summed E-state index contributed by atoms with van der Waals surface area (Å²) < 4.78 is 0. The Morgan fingerprint density at radius 1 is 1.42 bits per heavy atom. The van der Waals surface area contributed by atoms with Crippen LogP contribution in [0.2, 0.25) is 0 Å². The van der Waals surface area contributed by atoms with E-state index in [1.54, 1.807) is 6.92 Å². The van der Waals surface area contributed by atoms with Gasteiger partial charge in [0, 0.05) is 12.6 Å². The standard InChI is InChI=1S/C15H29N3O/c1-10(8-15(2,17)14(16)19)18(3)9-13-7-11-4-5-12(13)6-11/h10-13H,4-9,17H2,1-3H3,(H2,16,19). The Kier molecular flexibility index (Phi) is 4.21. The minimum atomic E-state index is -0.900. The summed E-state index contributed by atoms with van der Waals surface area (Å²) in [5.74, 6) is 2.38. The van der Waals surface area contributed by atoms with Gasteiger partial charge in [0.25, 0.3) is 0 Å². The summed E-state index contributed by atoms with van der Waals surface area (Å²) in [6, 6.07) is 0.293. The first-order valence-electron chi connectivity index (χ1n) is 7.58. The van der Waals surface area contributed by atoms with E-state index in [1.807, 2.05) is 0 Å². The van der Waals surface area contributed by atoms with Crippen molar-refractivity contribution >= 4 is 5.91 Å². The summed E-state index contributed by atoms with van der Waals surface area (Å²) in [6.45, 7) is 5.01. The second-order valence-electron chi connectivity index (χ2n) is 7.21. The fourth-order valence-electron chi connectivity index (χ4n) is 4.02. The number of carbonyl (C=O) groups excluding carboxylic acids is 1. The molecule has 0 aromatic heterocycles. The fraction of sp³-hybridized carbons (Fsp3) is 0.933. The van der Waals surface area contributed by atoms with Gasteiger partial charge in [-0.2, -0.15) is 0 Å². The van der Waals surface area contributed by atoms with E-state index in [0.29, 0.717) is 12.5 Å². The van der Waals surface area contributed by atoms with Crippen LogP contribution in [-0.4, -0.2) is 36.0 Å². The number of fused-ring (bicyclic) bond motifs is 2. The lowest BCUT2D eigenvalue weighted by molar-refractivity contribution is -0.123. The third-order valence-electron chi connectivity index (χ3n) is 5.44. The largest absolute Gasteiger partial charge is 0.368 e. The normalized spacial score (nSPS) is 34.5. The summed E-state index contributed by atoms with van der Waals surface area (Å²) >= 11 is 0. The third kappa shape index (κ3) is 3.29. The maximum absolute atomic E-state index is 11.3. The van der Waals surface area contributed by atoms with Gasteiger partial charge in [-0.15, -0.1) is 0 Å². The van der Waals surface area contributed by atoms with Gasteiger partial charge in [-0.05, 0) is 64.3 Å². The number of hydrogen-bond acceptors (Lipinski definition) is 3. The highest BCUT2D eigenvalue weighted by atomic mass is 16.1. The van der Waals surface area contributed by atoms with Crippen molar-refractivity contribution < 1.29 is 4.79 Å². The van der Waals surface area contributed by atoms with Crippen LogP contribution in [0.1, 0.15) is 46.0 Å². The van der Waals surface area contributed by atoms with Crippen molar-refractivity contribution in [3.05, 3.63) is 0 Å². The molecule has 2 aliphatic rings. The van der Waals surface area contributed by atoms with Crippen molar-refractivity contribution in [3.63, 3.8) is 0 Å². The maximum Gasteiger partial charge on any atom is 0.237 e. The summed E-state index contributed by atoms with van der Waals surface area (Å²) in [6.07, 6.45) is 6.34. The summed E-state index contributed by atoms with van der Waals surface area (Å²) in [5.41, 5.74) is 10.4. The van der Waals surface area contributed by atoms with E-state index in [1.165, 1.54) is 25.7 Å². The molecular formula is C15H29N3O. The Balaban J connectivity index is 1.82. The highest BCUT2D eigenvalue weighted by Crippen LogP contribution is 2.48. The Labute approximate surface area is 116 Å². The van der Waals surface area contributed by atoms with E-state index in [4.69, 9.17) is 11.5 Å². The smallest absolute Gasteiger partial charge is 0.237 e. The number of amides is 1. The number of carbonyl (C=O) groups is 1. The Bertz CT molecular complexity index is 342. The monoisotopic (exact) mass is 267 g/mol. The van der Waals surface area contributed by atoms with Crippen LogP contribution in [0.4, 0.5) is 0 Å². The highest BCUT2D eigenvalue weighted by Gasteiger charge is 2.40. The molecule has 5 unspecified atom stereocenters. The molecule has 2 bridgehead atoms. The van der Waals surface area contributed by atoms with Crippen LogP contribution in [0.25, 0.3) is 0 Å². The van der Waals surface area contributed by atoms with E-state index < -0.39 is 11.4 Å². The lowest BCUT2D eigenvalue weighted by atomic mass is 9.87. The molecule has 5 atom stereocenters. The molecule has 0 saturated heterocycles. The maximum atomic E-state index is 11.3. The molecule has 2 fully saturated rings. The van der Waals surface area contributed by atoms with Gasteiger partial charge in [0.05, 0.1) is 5.54 Å². The Morgan fingerprint density at radius 2 is 2.11 bits per heavy atom. The fourth-order valence-corrected chi connectivity index (χ4v) is 4.02. The molecule has 2 saturated carbocycles. The second kappa shape index (κ2) is 5.41. The number of hydrogen-bond donors (Lipinski definition) is 2. The van der Waals surface area contributed by atoms with Crippen molar-refractivity contribution in [2.75, 3.05) is 13.6 Å². The quantitative estimate of drug-likeness (QED) is 0.762. The first-order chi connectivity index (χ1) is 8.79. The summed E-state index contributed by atoms with van der Waals surface area (Å²) in [4.78, 5) is 13.7. The molecule has 19 heavy (non-hydrogen) atoms. The van der Waals surface area contributed by atoms with Gasteiger partial charge in [-0.3, -0.25) is 4.79 Å². The van der Waals surface area contributed by atoms with Gasteiger partial charge >= 0.3 is 0 Å². The molecule has 4 nitrogen and oxygen atoms in total. The molecule has 0 radical (unpaired) electrons. The molecule has 1 amide bonds. The predicted molar refractivity (Wildman–Crippen MR) is 77.4 cm³/mol. The van der Waals surface area contributed by atoms with Gasteiger partial charge in [0.1, 0.15) is 0 Å². The second-order valence-corrected chi connectivity index (χ2v) is 7.21. The van der Waals surface area contributed by atoms with Gasteiger partial charge in [-0.25, -0.2) is 0 Å². The van der Waals surface area contributed by atoms with Crippen molar-refractivity contribution in [2.24, 2.45) is 29.2 Å². The van der Waals surface area contributed by atoms with Gasteiger partial charge in [0.2, 0.25) is 5.91 Å². The molecule has 2 aliphatic carbocycles. The van der Waals surface area contributed by atoms with Crippen LogP contribution in [0.3, 0.4) is 0 Å². The van der Waals surface area contributed by atoms with Crippen LogP contribution in [0.15, 0.2) is 0 Å². The molecule has 0 aromatic rings. The number of primary amides is 1. The molecule has 0 heterocycles. The highest BCUT2D eigenvalue weighted by molar-refractivity contribution is 5.83. The average Bonchev–Trinajstić information content (AvgIpc) is 2.89. The van der Waals surface area contributed by atoms with Crippen LogP contribution >= 0.6 is 0 Å². The molecule has 4 heteroatoms. The molecule has 0 aromatic carbocycles. The molecular weight excluding hydrogens is 238 g/mol. The predicted octanol–water partition coefficient (Wildman–Crippen LogP) is 1.34. The molecule has 2 rings (SSSR count). The van der Waals surface area contributed by atoms with E-state index in [0.717, 1.165) is 24.3 Å². The van der Waals surface area contributed by atoms with E-state index in [-0.39, 0.29) is 0 Å². The van der Waals surface area contributed by atoms with E-state index in [9.17, 15) is 4.79 Å². The zero-order valence-electron chi connectivity index (χ0n) is 12.6. The van der Waals surface area contributed by atoms with E-state index >= 15 is 0 Å². The van der Waals surface area contributed by atoms with Gasteiger partial charge in [-0.1, -0.05) is 6.42 Å². The Hall–Kier alpha value is -0.610. The molecule has 0 spiro atoms. The van der Waals surface area contributed by atoms with Crippen LogP contribution in [-0.2, 0) is 4.79 Å². The summed E-state index contributed by atoms with van der Waals surface area (Å²) in [5, 5.41) is 0. The zero-order chi connectivity index (χ0) is 14.2. The average molecular weight is 267 g/mol. The van der Waals surface area contributed by atoms with Crippen LogP contribution in [0.5, 0.6) is 0 Å². The minimum absolute atomic E-state index is 0.293. The lowest BCUT2D eigenvalue weighted by Gasteiger charge is -2.34. The molecule has 0 aliphatic heterocycles. The number of nitrogens with zero attached hydrogens (tertiary/aromatic N) is 1.